The van der Waals surface area contributed by atoms with E-state index in [-0.39, 0.29) is 16.9 Å². The predicted octanol–water partition coefficient (Wildman–Crippen LogP) is 1.42. The molecule has 6 heteroatoms. The number of hydrogen-bond acceptors (Lipinski definition) is 4. The summed E-state index contributed by atoms with van der Waals surface area (Å²) in [5.74, 6) is 0. The molecule has 3 N–H and O–H groups in total. The third kappa shape index (κ3) is 4.49. The molecule has 0 saturated carbocycles. The summed E-state index contributed by atoms with van der Waals surface area (Å²) >= 11 is 0. The van der Waals surface area contributed by atoms with Crippen LogP contribution in [0.2, 0.25) is 0 Å². The zero-order valence-electron chi connectivity index (χ0n) is 11.6. The molecule has 1 aromatic rings. The van der Waals surface area contributed by atoms with E-state index >= 15 is 0 Å². The summed E-state index contributed by atoms with van der Waals surface area (Å²) in [5.41, 5.74) is 0.466. The van der Waals surface area contributed by atoms with Crippen LogP contribution in [0.4, 0.5) is 5.69 Å². The first-order valence-corrected chi connectivity index (χ1v) is 7.68. The van der Waals surface area contributed by atoms with Crippen LogP contribution >= 0.6 is 0 Å². The largest absolute Gasteiger partial charge is 0.396 e. The molecule has 0 aromatic heterocycles. The van der Waals surface area contributed by atoms with Gasteiger partial charge in [-0.1, -0.05) is 26.0 Å². The molecular formula is C13H22N2O3S. The molecule has 0 spiro atoms. The average molecular weight is 286 g/mol. The molecule has 0 aliphatic carbocycles. The number of hydrogen-bond donors (Lipinski definition) is 3. The third-order valence-electron chi connectivity index (χ3n) is 2.99. The summed E-state index contributed by atoms with van der Waals surface area (Å²) in [4.78, 5) is 0.234. The van der Waals surface area contributed by atoms with Crippen molar-refractivity contribution in [1.29, 1.82) is 0 Å². The first-order chi connectivity index (χ1) is 8.82. The lowest BCUT2D eigenvalue weighted by Gasteiger charge is -2.25. The van der Waals surface area contributed by atoms with Crippen molar-refractivity contribution in [2.24, 2.45) is 5.41 Å². The van der Waals surface area contributed by atoms with Gasteiger partial charge < -0.3 is 10.4 Å². The van der Waals surface area contributed by atoms with Gasteiger partial charge in [-0.3, -0.25) is 0 Å². The van der Waals surface area contributed by atoms with E-state index in [9.17, 15) is 8.42 Å². The molecule has 0 aliphatic heterocycles. The maximum Gasteiger partial charge on any atom is 0.242 e. The van der Waals surface area contributed by atoms with Gasteiger partial charge in [-0.05, 0) is 31.0 Å². The Bertz CT molecular complexity index is 512. The second kappa shape index (κ2) is 6.36. The maximum absolute atomic E-state index is 11.9. The van der Waals surface area contributed by atoms with Crippen molar-refractivity contribution >= 4 is 15.7 Å². The molecule has 0 bridgehead atoms. The Kier molecular flexibility index (Phi) is 5.34. The Morgan fingerprint density at radius 2 is 1.89 bits per heavy atom. The second-order valence-electron chi connectivity index (χ2n) is 5.20. The molecule has 1 aromatic carbocycles. The van der Waals surface area contributed by atoms with Gasteiger partial charge in [0.25, 0.3) is 0 Å². The first-order valence-electron chi connectivity index (χ1n) is 6.20. The molecule has 0 heterocycles. The van der Waals surface area contributed by atoms with E-state index in [1.807, 2.05) is 13.8 Å². The van der Waals surface area contributed by atoms with Crippen LogP contribution in [0.3, 0.4) is 0 Å². The highest BCUT2D eigenvalue weighted by Crippen LogP contribution is 2.24. The standard InChI is InChI=1S/C13H22N2O3S/c1-13(2,8-9-16)10-15-11-6-4-5-7-12(11)19(17,18)14-3/h4-7,14-16H,8-10H2,1-3H3. The van der Waals surface area contributed by atoms with Crippen molar-refractivity contribution in [3.63, 3.8) is 0 Å². The van der Waals surface area contributed by atoms with E-state index in [4.69, 9.17) is 5.11 Å². The molecule has 0 atom stereocenters. The number of aliphatic hydroxyl groups excluding tert-OH is 1. The fourth-order valence-corrected chi connectivity index (χ4v) is 2.59. The molecule has 19 heavy (non-hydrogen) atoms. The monoisotopic (exact) mass is 286 g/mol. The van der Waals surface area contributed by atoms with Crippen molar-refractivity contribution in [1.82, 2.24) is 4.72 Å². The minimum absolute atomic E-state index is 0.106. The van der Waals surface area contributed by atoms with Crippen molar-refractivity contribution in [2.75, 3.05) is 25.5 Å². The normalized spacial score (nSPS) is 12.4. The molecule has 0 amide bonds. The summed E-state index contributed by atoms with van der Waals surface area (Å²) in [6.45, 7) is 4.74. The van der Waals surface area contributed by atoms with Gasteiger partial charge in [0.2, 0.25) is 10.0 Å². The molecule has 5 nitrogen and oxygen atoms in total. The smallest absolute Gasteiger partial charge is 0.242 e. The highest BCUT2D eigenvalue weighted by atomic mass is 32.2. The minimum atomic E-state index is -3.47. The van der Waals surface area contributed by atoms with Crippen LogP contribution < -0.4 is 10.0 Å². The number of anilines is 1. The summed E-state index contributed by atoms with van der Waals surface area (Å²) in [7, 11) is -2.08. The molecule has 0 radical (unpaired) electrons. The molecule has 0 unspecified atom stereocenters. The van der Waals surface area contributed by atoms with Crippen LogP contribution in [0.15, 0.2) is 29.2 Å². The second-order valence-corrected chi connectivity index (χ2v) is 7.05. The predicted molar refractivity (Wildman–Crippen MR) is 76.7 cm³/mol. The first kappa shape index (κ1) is 15.9. The summed E-state index contributed by atoms with van der Waals surface area (Å²) in [5, 5.41) is 12.1. The Labute approximate surface area is 115 Å². The molecule has 108 valence electrons. The number of rotatable bonds is 7. The van der Waals surface area contributed by atoms with Crippen molar-refractivity contribution in [3.8, 4) is 0 Å². The number of sulfonamides is 1. The van der Waals surface area contributed by atoms with Gasteiger partial charge in [0.15, 0.2) is 0 Å². The van der Waals surface area contributed by atoms with E-state index < -0.39 is 10.0 Å². The summed E-state index contributed by atoms with van der Waals surface area (Å²) in [6, 6.07) is 6.77. The van der Waals surface area contributed by atoms with Crippen molar-refractivity contribution < 1.29 is 13.5 Å². The topological polar surface area (TPSA) is 78.4 Å². The lowest BCUT2D eigenvalue weighted by Crippen LogP contribution is -2.26. The van der Waals surface area contributed by atoms with E-state index in [1.165, 1.54) is 7.05 Å². The third-order valence-corrected chi connectivity index (χ3v) is 4.46. The van der Waals surface area contributed by atoms with Crippen molar-refractivity contribution in [2.45, 2.75) is 25.2 Å². The zero-order valence-corrected chi connectivity index (χ0v) is 12.4. The summed E-state index contributed by atoms with van der Waals surface area (Å²) < 4.78 is 26.1. The average Bonchev–Trinajstić information content (AvgIpc) is 2.37. The lowest BCUT2D eigenvalue weighted by molar-refractivity contribution is 0.220. The highest BCUT2D eigenvalue weighted by molar-refractivity contribution is 7.89. The fourth-order valence-electron chi connectivity index (χ4n) is 1.68. The SMILES string of the molecule is CNS(=O)(=O)c1ccccc1NCC(C)(C)CCO. The molecule has 1 rings (SSSR count). The Balaban J connectivity index is 2.91. The van der Waals surface area contributed by atoms with Gasteiger partial charge in [-0.25, -0.2) is 13.1 Å². The van der Waals surface area contributed by atoms with Crippen LogP contribution in [-0.4, -0.2) is 33.7 Å². The van der Waals surface area contributed by atoms with Crippen LogP contribution in [0.5, 0.6) is 0 Å². The van der Waals surface area contributed by atoms with Gasteiger partial charge in [0, 0.05) is 13.2 Å². The minimum Gasteiger partial charge on any atom is -0.396 e. The van der Waals surface area contributed by atoms with Gasteiger partial charge in [0.05, 0.1) is 5.69 Å². The van der Waals surface area contributed by atoms with Crippen LogP contribution in [0.25, 0.3) is 0 Å². The molecule has 0 fully saturated rings. The quantitative estimate of drug-likeness (QED) is 0.708. The lowest BCUT2D eigenvalue weighted by atomic mass is 9.90. The van der Waals surface area contributed by atoms with E-state index in [2.05, 4.69) is 10.0 Å². The van der Waals surface area contributed by atoms with Crippen LogP contribution in [-0.2, 0) is 10.0 Å². The fraction of sp³-hybridized carbons (Fsp3) is 0.538. The number of aliphatic hydroxyl groups is 1. The van der Waals surface area contributed by atoms with Crippen molar-refractivity contribution in [3.05, 3.63) is 24.3 Å². The number of benzene rings is 1. The maximum atomic E-state index is 11.9. The van der Waals surface area contributed by atoms with E-state index in [0.717, 1.165) is 0 Å². The molecule has 0 aliphatic rings. The van der Waals surface area contributed by atoms with Crippen LogP contribution in [0, 0.1) is 5.41 Å². The van der Waals surface area contributed by atoms with Gasteiger partial charge in [-0.2, -0.15) is 0 Å². The Hall–Kier alpha value is -1.11. The van der Waals surface area contributed by atoms with Gasteiger partial charge >= 0.3 is 0 Å². The van der Waals surface area contributed by atoms with E-state index in [0.29, 0.717) is 18.7 Å². The zero-order chi connectivity index (χ0) is 14.5. The van der Waals surface area contributed by atoms with Gasteiger partial charge in [-0.15, -0.1) is 0 Å². The molecular weight excluding hydrogens is 264 g/mol. The number of nitrogens with one attached hydrogen (secondary N) is 2. The Morgan fingerprint density at radius 1 is 1.26 bits per heavy atom. The number of para-hydroxylation sites is 1. The molecule has 0 saturated heterocycles. The van der Waals surface area contributed by atoms with Crippen LogP contribution in [0.1, 0.15) is 20.3 Å². The Morgan fingerprint density at radius 3 is 2.47 bits per heavy atom. The van der Waals surface area contributed by atoms with E-state index in [1.54, 1.807) is 24.3 Å². The highest BCUT2D eigenvalue weighted by Gasteiger charge is 2.20. The van der Waals surface area contributed by atoms with Gasteiger partial charge in [0.1, 0.15) is 4.90 Å². The summed E-state index contributed by atoms with van der Waals surface area (Å²) in [6.07, 6.45) is 0.654.